The van der Waals surface area contributed by atoms with Gasteiger partial charge in [0, 0.05) is 12.5 Å². The molecule has 0 aromatic carbocycles. The van der Waals surface area contributed by atoms with Crippen LogP contribution in [0.2, 0.25) is 0 Å². The molecule has 1 aliphatic heterocycles. The van der Waals surface area contributed by atoms with Crippen LogP contribution in [0.25, 0.3) is 0 Å². The van der Waals surface area contributed by atoms with Crippen molar-refractivity contribution >= 4 is 17.2 Å². The predicted molar refractivity (Wildman–Crippen MR) is 85.5 cm³/mol. The molecule has 1 saturated carbocycles. The first-order valence-corrected chi connectivity index (χ1v) is 9.09. The average molecular weight is 332 g/mol. The van der Waals surface area contributed by atoms with Gasteiger partial charge in [0.15, 0.2) is 5.82 Å². The first kappa shape index (κ1) is 14.8. The fourth-order valence-corrected chi connectivity index (χ4v) is 4.05. The van der Waals surface area contributed by atoms with E-state index in [-0.39, 0.29) is 11.9 Å². The summed E-state index contributed by atoms with van der Waals surface area (Å²) >= 11 is 1.51. The summed E-state index contributed by atoms with van der Waals surface area (Å²) in [5.41, 5.74) is 0.828. The normalized spacial score (nSPS) is 21.1. The lowest BCUT2D eigenvalue weighted by atomic mass is 10.2. The second-order valence-corrected chi connectivity index (χ2v) is 7.38. The van der Waals surface area contributed by atoms with Gasteiger partial charge in [0.25, 0.3) is 5.91 Å². The van der Waals surface area contributed by atoms with Crippen molar-refractivity contribution in [1.29, 1.82) is 0 Å². The molecule has 1 amide bonds. The van der Waals surface area contributed by atoms with E-state index in [1.165, 1.54) is 11.3 Å². The molecule has 1 aliphatic carbocycles. The van der Waals surface area contributed by atoms with Gasteiger partial charge in [-0.1, -0.05) is 12.1 Å². The number of aryl methyl sites for hydroxylation is 2. The van der Waals surface area contributed by atoms with Gasteiger partial charge in [0.05, 0.1) is 16.7 Å². The van der Waals surface area contributed by atoms with Crippen molar-refractivity contribution in [1.82, 2.24) is 20.0 Å². The minimum atomic E-state index is -0.0645. The van der Waals surface area contributed by atoms with E-state index in [0.717, 1.165) is 60.1 Å². The largest absolute Gasteiger partial charge is 0.339 e. The van der Waals surface area contributed by atoms with Crippen molar-refractivity contribution in [2.24, 2.45) is 0 Å². The SMILES string of the molecule is CCc1nc(C)c(C(=O)N2CCC[C@H]2c2noc(C3CC3)n2)s1. The van der Waals surface area contributed by atoms with Gasteiger partial charge < -0.3 is 9.42 Å². The molecule has 0 bridgehead atoms. The maximum atomic E-state index is 12.9. The van der Waals surface area contributed by atoms with Crippen LogP contribution in [0, 0.1) is 6.92 Å². The monoisotopic (exact) mass is 332 g/mol. The molecule has 2 aliphatic rings. The quantitative estimate of drug-likeness (QED) is 0.859. The van der Waals surface area contributed by atoms with Crippen molar-refractivity contribution in [3.05, 3.63) is 27.3 Å². The second kappa shape index (κ2) is 5.70. The van der Waals surface area contributed by atoms with Crippen molar-refractivity contribution < 1.29 is 9.32 Å². The lowest BCUT2D eigenvalue weighted by Gasteiger charge is -2.21. The molecule has 1 atom stereocenters. The van der Waals surface area contributed by atoms with E-state index < -0.39 is 0 Å². The molecule has 0 spiro atoms. The van der Waals surface area contributed by atoms with Crippen LogP contribution in [0.3, 0.4) is 0 Å². The number of hydrogen-bond acceptors (Lipinski definition) is 6. The number of amides is 1. The molecule has 3 heterocycles. The molecule has 2 aromatic heterocycles. The van der Waals surface area contributed by atoms with E-state index in [9.17, 15) is 4.79 Å². The summed E-state index contributed by atoms with van der Waals surface area (Å²) in [6.45, 7) is 4.72. The van der Waals surface area contributed by atoms with E-state index in [1.54, 1.807) is 0 Å². The first-order chi connectivity index (χ1) is 11.2. The number of carbonyl (C=O) groups excluding carboxylic acids is 1. The van der Waals surface area contributed by atoms with Crippen molar-refractivity contribution in [3.8, 4) is 0 Å². The fourth-order valence-electron chi connectivity index (χ4n) is 3.09. The van der Waals surface area contributed by atoms with Gasteiger partial charge in [-0.2, -0.15) is 4.98 Å². The number of nitrogens with zero attached hydrogens (tertiary/aromatic N) is 4. The molecule has 6 nitrogen and oxygen atoms in total. The van der Waals surface area contributed by atoms with Gasteiger partial charge in [0.2, 0.25) is 5.89 Å². The van der Waals surface area contributed by atoms with Crippen molar-refractivity contribution in [3.63, 3.8) is 0 Å². The van der Waals surface area contributed by atoms with Crippen LogP contribution >= 0.6 is 11.3 Å². The minimum absolute atomic E-state index is 0.0555. The van der Waals surface area contributed by atoms with Gasteiger partial charge in [-0.15, -0.1) is 11.3 Å². The van der Waals surface area contributed by atoms with Crippen molar-refractivity contribution in [2.75, 3.05) is 6.54 Å². The number of aromatic nitrogens is 3. The zero-order valence-corrected chi connectivity index (χ0v) is 14.2. The van der Waals surface area contributed by atoms with Crippen LogP contribution in [0.5, 0.6) is 0 Å². The van der Waals surface area contributed by atoms with Crippen LogP contribution < -0.4 is 0 Å². The summed E-state index contributed by atoms with van der Waals surface area (Å²) < 4.78 is 5.37. The Bertz CT molecular complexity index is 734. The maximum absolute atomic E-state index is 12.9. The lowest BCUT2D eigenvalue weighted by molar-refractivity contribution is 0.0732. The van der Waals surface area contributed by atoms with Gasteiger partial charge in [0.1, 0.15) is 4.88 Å². The van der Waals surface area contributed by atoms with Gasteiger partial charge in [-0.3, -0.25) is 4.79 Å². The molecular formula is C16H20N4O2S. The maximum Gasteiger partial charge on any atom is 0.266 e. The van der Waals surface area contributed by atoms with E-state index in [2.05, 4.69) is 22.0 Å². The summed E-state index contributed by atoms with van der Waals surface area (Å²) in [4.78, 5) is 24.6. The smallest absolute Gasteiger partial charge is 0.266 e. The summed E-state index contributed by atoms with van der Waals surface area (Å²) in [5, 5.41) is 5.15. The fraction of sp³-hybridized carbons (Fsp3) is 0.625. The van der Waals surface area contributed by atoms with Crippen molar-refractivity contribution in [2.45, 2.75) is 57.9 Å². The van der Waals surface area contributed by atoms with Crippen LogP contribution in [-0.2, 0) is 6.42 Å². The molecule has 4 rings (SSSR count). The van der Waals surface area contributed by atoms with Crippen LogP contribution in [0.15, 0.2) is 4.52 Å². The third kappa shape index (κ3) is 2.67. The van der Waals surface area contributed by atoms with Gasteiger partial charge in [-0.25, -0.2) is 4.98 Å². The molecular weight excluding hydrogens is 312 g/mol. The minimum Gasteiger partial charge on any atom is -0.339 e. The Morgan fingerprint density at radius 3 is 2.87 bits per heavy atom. The Balaban J connectivity index is 1.58. The number of carbonyl (C=O) groups is 1. The molecule has 2 aromatic rings. The number of likely N-dealkylation sites (tertiary alicyclic amines) is 1. The van der Waals surface area contributed by atoms with Gasteiger partial charge in [-0.05, 0) is 39.0 Å². The highest BCUT2D eigenvalue weighted by molar-refractivity contribution is 7.13. The Kier molecular flexibility index (Phi) is 3.67. The van der Waals surface area contributed by atoms with Crippen LogP contribution in [0.4, 0.5) is 0 Å². The number of hydrogen-bond donors (Lipinski definition) is 0. The zero-order chi connectivity index (χ0) is 16.0. The first-order valence-electron chi connectivity index (χ1n) is 8.28. The summed E-state index contributed by atoms with van der Waals surface area (Å²) in [7, 11) is 0. The van der Waals surface area contributed by atoms with E-state index >= 15 is 0 Å². The van der Waals surface area contributed by atoms with Crippen LogP contribution in [0.1, 0.15) is 76.7 Å². The lowest BCUT2D eigenvalue weighted by Crippen LogP contribution is -2.31. The third-order valence-electron chi connectivity index (χ3n) is 4.53. The van der Waals surface area contributed by atoms with E-state index in [4.69, 9.17) is 4.52 Å². The zero-order valence-electron chi connectivity index (χ0n) is 13.4. The molecule has 7 heteroatoms. The Labute approximate surface area is 138 Å². The van der Waals surface area contributed by atoms with E-state index in [0.29, 0.717) is 11.7 Å². The summed E-state index contributed by atoms with van der Waals surface area (Å²) in [6.07, 6.45) is 5.00. The number of rotatable bonds is 4. The average Bonchev–Trinajstić information content (AvgIpc) is 2.99. The molecule has 122 valence electrons. The molecule has 1 saturated heterocycles. The van der Waals surface area contributed by atoms with Crippen LogP contribution in [-0.4, -0.2) is 32.5 Å². The Morgan fingerprint density at radius 2 is 2.17 bits per heavy atom. The van der Waals surface area contributed by atoms with Gasteiger partial charge >= 0.3 is 0 Å². The third-order valence-corrected chi connectivity index (χ3v) is 5.82. The molecule has 0 unspecified atom stereocenters. The summed E-state index contributed by atoms with van der Waals surface area (Å²) in [5.74, 6) is 1.90. The highest BCUT2D eigenvalue weighted by atomic mass is 32.1. The summed E-state index contributed by atoms with van der Waals surface area (Å²) in [6, 6.07) is -0.0645. The Hall–Kier alpha value is -1.76. The molecule has 0 radical (unpaired) electrons. The highest BCUT2D eigenvalue weighted by Crippen LogP contribution is 2.40. The standard InChI is InChI=1S/C16H20N4O2S/c1-3-12-17-9(2)13(23-12)16(21)20-8-4-5-11(20)14-18-15(22-19-14)10-6-7-10/h10-11H,3-8H2,1-2H3/t11-/m0/s1. The topological polar surface area (TPSA) is 72.1 Å². The molecule has 23 heavy (non-hydrogen) atoms. The second-order valence-electron chi connectivity index (χ2n) is 6.30. The predicted octanol–water partition coefficient (Wildman–Crippen LogP) is 3.25. The number of thiazole rings is 1. The highest BCUT2D eigenvalue weighted by Gasteiger charge is 2.37. The Morgan fingerprint density at radius 1 is 1.35 bits per heavy atom. The molecule has 0 N–H and O–H groups in total. The molecule has 2 fully saturated rings. The van der Waals surface area contributed by atoms with E-state index in [1.807, 2.05) is 11.8 Å².